The summed E-state index contributed by atoms with van der Waals surface area (Å²) in [5.74, 6) is 0. The van der Waals surface area contributed by atoms with Crippen molar-refractivity contribution in [2.45, 2.75) is 58.1 Å². The van der Waals surface area contributed by atoms with Gasteiger partial charge in [-0.05, 0) is 46.5 Å². The quantitative estimate of drug-likeness (QED) is 0.776. The maximum atomic E-state index is 11.4. The smallest absolute Gasteiger partial charge is 0.315 e. The van der Waals surface area contributed by atoms with E-state index in [1.54, 1.807) is 0 Å². The van der Waals surface area contributed by atoms with E-state index in [9.17, 15) is 4.79 Å². The fourth-order valence-electron chi connectivity index (χ4n) is 1.77. The first-order valence-corrected chi connectivity index (χ1v) is 6.15. The van der Waals surface area contributed by atoms with Crippen molar-refractivity contribution >= 4 is 6.03 Å². The summed E-state index contributed by atoms with van der Waals surface area (Å²) in [7, 11) is 0. The zero-order valence-corrected chi connectivity index (χ0v) is 10.6. The van der Waals surface area contributed by atoms with E-state index in [-0.39, 0.29) is 11.6 Å². The molecule has 1 rings (SSSR count). The first-order chi connectivity index (χ1) is 7.47. The first-order valence-electron chi connectivity index (χ1n) is 6.15. The maximum absolute atomic E-state index is 11.4. The Hall–Kier alpha value is -0.770. The molecule has 0 radical (unpaired) electrons. The van der Waals surface area contributed by atoms with Crippen LogP contribution in [0.15, 0.2) is 0 Å². The average molecular weight is 228 g/mol. The molecule has 0 aromatic heterocycles. The summed E-state index contributed by atoms with van der Waals surface area (Å²) in [5, 5.41) is 5.72. The molecule has 94 valence electrons. The number of carbonyl (C=O) groups is 1. The highest BCUT2D eigenvalue weighted by Crippen LogP contribution is 2.14. The predicted molar refractivity (Wildman–Crippen MR) is 64.5 cm³/mol. The summed E-state index contributed by atoms with van der Waals surface area (Å²) in [6.07, 6.45) is 4.80. The van der Waals surface area contributed by atoms with Gasteiger partial charge in [0, 0.05) is 18.7 Å². The van der Waals surface area contributed by atoms with Gasteiger partial charge in [-0.1, -0.05) is 0 Å². The predicted octanol–water partition coefficient (Wildman–Crippen LogP) is 2.04. The van der Waals surface area contributed by atoms with Crippen molar-refractivity contribution in [2.75, 3.05) is 13.2 Å². The van der Waals surface area contributed by atoms with Crippen LogP contribution < -0.4 is 10.6 Å². The number of amides is 2. The fraction of sp³-hybridized carbons (Fsp3) is 0.917. The van der Waals surface area contributed by atoms with Crippen LogP contribution in [0.25, 0.3) is 0 Å². The molecule has 2 amide bonds. The second-order valence-electron chi connectivity index (χ2n) is 5.41. The Labute approximate surface area is 98.1 Å². The summed E-state index contributed by atoms with van der Waals surface area (Å²) < 4.78 is 5.59. The summed E-state index contributed by atoms with van der Waals surface area (Å²) in [5.41, 5.74) is -0.175. The normalized spacial score (nSPS) is 21.6. The number of hydrogen-bond donors (Lipinski definition) is 2. The van der Waals surface area contributed by atoms with Crippen molar-refractivity contribution in [3.8, 4) is 0 Å². The lowest BCUT2D eigenvalue weighted by molar-refractivity contribution is 0.0120. The zero-order valence-electron chi connectivity index (χ0n) is 10.6. The van der Waals surface area contributed by atoms with E-state index >= 15 is 0 Å². The highest BCUT2D eigenvalue weighted by atomic mass is 16.5. The van der Waals surface area contributed by atoms with Crippen LogP contribution in [-0.4, -0.2) is 30.8 Å². The van der Waals surface area contributed by atoms with Gasteiger partial charge in [0.1, 0.15) is 0 Å². The Morgan fingerprint density at radius 2 is 2.12 bits per heavy atom. The lowest BCUT2D eigenvalue weighted by Crippen LogP contribution is -2.47. The van der Waals surface area contributed by atoms with Crippen molar-refractivity contribution < 1.29 is 9.53 Å². The van der Waals surface area contributed by atoms with Gasteiger partial charge in [-0.15, -0.1) is 0 Å². The molecule has 0 aromatic carbocycles. The van der Waals surface area contributed by atoms with Gasteiger partial charge < -0.3 is 15.4 Å². The second-order valence-corrected chi connectivity index (χ2v) is 5.41. The minimum absolute atomic E-state index is 0.0942. The molecule has 2 N–H and O–H groups in total. The van der Waals surface area contributed by atoms with Crippen LogP contribution in [0.4, 0.5) is 4.79 Å². The average Bonchev–Trinajstić information content (AvgIpc) is 2.16. The van der Waals surface area contributed by atoms with Gasteiger partial charge in [-0.3, -0.25) is 0 Å². The first kappa shape index (κ1) is 13.3. The van der Waals surface area contributed by atoms with Crippen LogP contribution in [0, 0.1) is 0 Å². The van der Waals surface area contributed by atoms with Gasteiger partial charge >= 0.3 is 6.03 Å². The number of ether oxygens (including phenoxy) is 1. The molecule has 0 saturated carbocycles. The van der Waals surface area contributed by atoms with Gasteiger partial charge in [0.25, 0.3) is 0 Å². The second kappa shape index (κ2) is 6.09. The molecule has 0 spiro atoms. The third kappa shape index (κ3) is 5.95. The molecule has 1 aliphatic heterocycles. The molecule has 1 heterocycles. The Bertz CT molecular complexity index is 218. The Balaban J connectivity index is 2.08. The van der Waals surface area contributed by atoms with E-state index in [2.05, 4.69) is 10.6 Å². The van der Waals surface area contributed by atoms with Gasteiger partial charge in [0.05, 0.1) is 6.10 Å². The van der Waals surface area contributed by atoms with E-state index in [0.29, 0.717) is 12.6 Å². The van der Waals surface area contributed by atoms with Crippen LogP contribution in [0.2, 0.25) is 0 Å². The van der Waals surface area contributed by atoms with E-state index in [0.717, 1.165) is 19.4 Å². The summed E-state index contributed by atoms with van der Waals surface area (Å²) >= 11 is 0. The van der Waals surface area contributed by atoms with E-state index in [1.807, 2.05) is 20.8 Å². The highest BCUT2D eigenvalue weighted by Gasteiger charge is 2.15. The third-order valence-electron chi connectivity index (χ3n) is 2.51. The molecule has 1 aliphatic rings. The molecule has 0 aromatic rings. The van der Waals surface area contributed by atoms with Crippen molar-refractivity contribution in [2.24, 2.45) is 0 Å². The van der Waals surface area contributed by atoms with Crippen molar-refractivity contribution in [1.82, 2.24) is 10.6 Å². The molecule has 1 atom stereocenters. The zero-order chi connectivity index (χ0) is 12.0. The summed E-state index contributed by atoms with van der Waals surface area (Å²) in [6.45, 7) is 7.47. The van der Waals surface area contributed by atoms with Crippen LogP contribution in [-0.2, 0) is 4.74 Å². The molecule has 4 heteroatoms. The molecule has 4 nitrogen and oxygen atoms in total. The van der Waals surface area contributed by atoms with Crippen molar-refractivity contribution in [1.29, 1.82) is 0 Å². The summed E-state index contributed by atoms with van der Waals surface area (Å²) in [6, 6.07) is -0.0942. The molecule has 16 heavy (non-hydrogen) atoms. The standard InChI is InChI=1S/C12H24N2O2/c1-12(2,3)14-11(15)13-8-7-10-6-4-5-9-16-10/h10H,4-9H2,1-3H3,(H2,13,14,15). The van der Waals surface area contributed by atoms with Crippen LogP contribution in [0.5, 0.6) is 0 Å². The number of carbonyl (C=O) groups excluding carboxylic acids is 1. The minimum atomic E-state index is -0.175. The van der Waals surface area contributed by atoms with Crippen molar-refractivity contribution in [3.63, 3.8) is 0 Å². The fourth-order valence-corrected chi connectivity index (χ4v) is 1.77. The molecule has 1 saturated heterocycles. The monoisotopic (exact) mass is 228 g/mol. The van der Waals surface area contributed by atoms with Crippen LogP contribution in [0.3, 0.4) is 0 Å². The van der Waals surface area contributed by atoms with Crippen LogP contribution in [0.1, 0.15) is 46.5 Å². The van der Waals surface area contributed by atoms with Gasteiger partial charge in [-0.25, -0.2) is 4.79 Å². The molecular formula is C12H24N2O2. The topological polar surface area (TPSA) is 50.4 Å². The van der Waals surface area contributed by atoms with Gasteiger partial charge in [0.2, 0.25) is 0 Å². The number of hydrogen-bond acceptors (Lipinski definition) is 2. The SMILES string of the molecule is CC(C)(C)NC(=O)NCCC1CCCCO1. The highest BCUT2D eigenvalue weighted by molar-refractivity contribution is 5.74. The number of nitrogens with one attached hydrogen (secondary N) is 2. The molecular weight excluding hydrogens is 204 g/mol. The van der Waals surface area contributed by atoms with E-state index in [1.165, 1.54) is 12.8 Å². The minimum Gasteiger partial charge on any atom is -0.378 e. The lowest BCUT2D eigenvalue weighted by atomic mass is 10.1. The molecule has 0 aliphatic carbocycles. The Morgan fingerprint density at radius 3 is 2.69 bits per heavy atom. The molecule has 0 bridgehead atoms. The van der Waals surface area contributed by atoms with Gasteiger partial charge in [-0.2, -0.15) is 0 Å². The Kier molecular flexibility index (Phi) is 5.06. The largest absolute Gasteiger partial charge is 0.378 e. The summed E-state index contributed by atoms with van der Waals surface area (Å²) in [4.78, 5) is 11.4. The molecule has 1 fully saturated rings. The number of rotatable bonds is 3. The maximum Gasteiger partial charge on any atom is 0.315 e. The number of urea groups is 1. The van der Waals surface area contributed by atoms with E-state index in [4.69, 9.17) is 4.74 Å². The van der Waals surface area contributed by atoms with Gasteiger partial charge in [0.15, 0.2) is 0 Å². The molecule has 1 unspecified atom stereocenters. The third-order valence-corrected chi connectivity index (χ3v) is 2.51. The van der Waals surface area contributed by atoms with E-state index < -0.39 is 0 Å². The lowest BCUT2D eigenvalue weighted by Gasteiger charge is -2.24. The van der Waals surface area contributed by atoms with Crippen molar-refractivity contribution in [3.05, 3.63) is 0 Å². The van der Waals surface area contributed by atoms with Crippen LogP contribution >= 0.6 is 0 Å². The Morgan fingerprint density at radius 1 is 1.38 bits per heavy atom.